The van der Waals surface area contributed by atoms with Crippen LogP contribution in [0.4, 0.5) is 0 Å². The highest BCUT2D eigenvalue weighted by atomic mass is 16.4. The van der Waals surface area contributed by atoms with E-state index in [9.17, 15) is 15.3 Å². The van der Waals surface area contributed by atoms with Crippen LogP contribution in [0.25, 0.3) is 0 Å². The predicted molar refractivity (Wildman–Crippen MR) is 59.7 cm³/mol. The van der Waals surface area contributed by atoms with Gasteiger partial charge in [0, 0.05) is 19.6 Å². The highest BCUT2D eigenvalue weighted by molar-refractivity contribution is 5.14. The van der Waals surface area contributed by atoms with Gasteiger partial charge >= 0.3 is 0 Å². The van der Waals surface area contributed by atoms with Crippen LogP contribution in [-0.2, 0) is 6.54 Å². The predicted octanol–water partition coefficient (Wildman–Crippen LogP) is -0.415. The summed E-state index contributed by atoms with van der Waals surface area (Å²) < 4.78 is 0. The van der Waals surface area contributed by atoms with Crippen LogP contribution in [0.15, 0.2) is 30.3 Å². The Kier molecular flexibility index (Phi) is 3.56. The Labute approximate surface area is 94.8 Å². The molecule has 16 heavy (non-hydrogen) atoms. The summed E-state index contributed by atoms with van der Waals surface area (Å²) in [5, 5.41) is 28.5. The highest BCUT2D eigenvalue weighted by Crippen LogP contribution is 2.14. The van der Waals surface area contributed by atoms with Crippen LogP contribution < -0.4 is 0 Å². The molecule has 1 heterocycles. The van der Waals surface area contributed by atoms with Crippen LogP contribution in [0, 0.1) is 0 Å². The van der Waals surface area contributed by atoms with E-state index in [1.165, 1.54) is 0 Å². The van der Waals surface area contributed by atoms with Crippen LogP contribution in [0.3, 0.4) is 0 Å². The fraction of sp³-hybridized carbons (Fsp3) is 0.500. The molecule has 4 heteroatoms. The van der Waals surface area contributed by atoms with Crippen molar-refractivity contribution in [1.29, 1.82) is 0 Å². The third-order valence-corrected chi connectivity index (χ3v) is 2.93. The Morgan fingerprint density at radius 3 is 2.12 bits per heavy atom. The minimum Gasteiger partial charge on any atom is -0.389 e. The van der Waals surface area contributed by atoms with E-state index < -0.39 is 18.3 Å². The minimum absolute atomic E-state index is 0.396. The molecule has 3 atom stereocenters. The number of likely N-dealkylation sites (tertiary alicyclic amines) is 1. The molecule has 0 radical (unpaired) electrons. The Balaban J connectivity index is 1.97. The van der Waals surface area contributed by atoms with Crippen LogP contribution in [0.1, 0.15) is 5.56 Å². The lowest BCUT2D eigenvalue weighted by Crippen LogP contribution is -2.54. The third kappa shape index (κ3) is 2.59. The first-order valence-corrected chi connectivity index (χ1v) is 5.47. The summed E-state index contributed by atoms with van der Waals surface area (Å²) in [7, 11) is 0. The molecule has 3 N–H and O–H groups in total. The first-order chi connectivity index (χ1) is 7.66. The summed E-state index contributed by atoms with van der Waals surface area (Å²) >= 11 is 0. The third-order valence-electron chi connectivity index (χ3n) is 2.93. The molecule has 1 fully saturated rings. The monoisotopic (exact) mass is 223 g/mol. The van der Waals surface area contributed by atoms with Gasteiger partial charge in [-0.3, -0.25) is 4.90 Å². The van der Waals surface area contributed by atoms with E-state index >= 15 is 0 Å². The van der Waals surface area contributed by atoms with Crippen molar-refractivity contribution in [2.75, 3.05) is 13.1 Å². The van der Waals surface area contributed by atoms with Crippen molar-refractivity contribution in [1.82, 2.24) is 4.90 Å². The zero-order valence-corrected chi connectivity index (χ0v) is 9.03. The molecule has 88 valence electrons. The average Bonchev–Trinajstić information content (AvgIpc) is 2.27. The summed E-state index contributed by atoms with van der Waals surface area (Å²) in [4.78, 5) is 1.94. The average molecular weight is 223 g/mol. The fourth-order valence-corrected chi connectivity index (χ4v) is 2.05. The number of β-amino-alcohol motifs (C(OH)–C–C–N with tert-alkyl or cyclic N) is 2. The van der Waals surface area contributed by atoms with Gasteiger partial charge in [0.25, 0.3) is 0 Å². The molecule has 1 aromatic carbocycles. The van der Waals surface area contributed by atoms with E-state index in [2.05, 4.69) is 0 Å². The van der Waals surface area contributed by atoms with E-state index in [0.717, 1.165) is 5.56 Å². The molecule has 1 aromatic rings. The van der Waals surface area contributed by atoms with Gasteiger partial charge in [-0.05, 0) is 5.56 Å². The Hall–Kier alpha value is -0.940. The SMILES string of the molecule is O[C@@H]1[C@H](O)CN(Cc2ccccc2)C[C@@H]1O. The first-order valence-electron chi connectivity index (χ1n) is 5.47. The van der Waals surface area contributed by atoms with Crippen LogP contribution in [0.5, 0.6) is 0 Å². The lowest BCUT2D eigenvalue weighted by Gasteiger charge is -2.36. The molecule has 0 spiro atoms. The van der Waals surface area contributed by atoms with Gasteiger partial charge in [0.15, 0.2) is 0 Å². The molecule has 0 aliphatic carbocycles. The van der Waals surface area contributed by atoms with Gasteiger partial charge in [-0.25, -0.2) is 0 Å². The molecule has 0 unspecified atom stereocenters. The van der Waals surface area contributed by atoms with Gasteiger partial charge < -0.3 is 15.3 Å². The Morgan fingerprint density at radius 2 is 1.56 bits per heavy atom. The highest BCUT2D eigenvalue weighted by Gasteiger charge is 2.33. The molecule has 0 amide bonds. The maximum absolute atomic E-state index is 9.54. The normalized spacial score (nSPS) is 31.6. The summed E-state index contributed by atoms with van der Waals surface area (Å²) in [5.74, 6) is 0. The van der Waals surface area contributed by atoms with Crippen molar-refractivity contribution in [2.45, 2.75) is 24.9 Å². The quantitative estimate of drug-likeness (QED) is 0.637. The summed E-state index contributed by atoms with van der Waals surface area (Å²) in [5.41, 5.74) is 1.14. The number of benzene rings is 1. The van der Waals surface area contributed by atoms with Crippen molar-refractivity contribution in [3.05, 3.63) is 35.9 Å². The van der Waals surface area contributed by atoms with E-state index in [0.29, 0.717) is 19.6 Å². The van der Waals surface area contributed by atoms with Crippen molar-refractivity contribution in [3.63, 3.8) is 0 Å². The van der Waals surface area contributed by atoms with Gasteiger partial charge in [0.2, 0.25) is 0 Å². The van der Waals surface area contributed by atoms with Crippen LogP contribution in [0.2, 0.25) is 0 Å². The number of hydrogen-bond donors (Lipinski definition) is 3. The van der Waals surface area contributed by atoms with Crippen molar-refractivity contribution < 1.29 is 15.3 Å². The first kappa shape index (κ1) is 11.5. The van der Waals surface area contributed by atoms with E-state index in [1.807, 2.05) is 35.2 Å². The number of rotatable bonds is 2. The number of aliphatic hydroxyl groups is 3. The van der Waals surface area contributed by atoms with Crippen LogP contribution >= 0.6 is 0 Å². The van der Waals surface area contributed by atoms with Gasteiger partial charge in [0.05, 0.1) is 12.2 Å². The molecule has 1 aliphatic rings. The number of piperidine rings is 1. The van der Waals surface area contributed by atoms with Crippen molar-refractivity contribution in [2.24, 2.45) is 0 Å². The summed E-state index contributed by atoms with van der Waals surface area (Å²) in [6, 6.07) is 9.88. The second-order valence-electron chi connectivity index (χ2n) is 4.30. The van der Waals surface area contributed by atoms with Crippen molar-refractivity contribution in [3.8, 4) is 0 Å². The number of aliphatic hydroxyl groups excluding tert-OH is 3. The molecular weight excluding hydrogens is 206 g/mol. The molecule has 1 aliphatic heterocycles. The van der Waals surface area contributed by atoms with E-state index in [4.69, 9.17) is 0 Å². The number of nitrogens with zero attached hydrogens (tertiary/aromatic N) is 1. The molecule has 0 saturated carbocycles. The van der Waals surface area contributed by atoms with E-state index in [1.54, 1.807) is 0 Å². The largest absolute Gasteiger partial charge is 0.389 e. The molecule has 1 saturated heterocycles. The van der Waals surface area contributed by atoms with Gasteiger partial charge in [-0.1, -0.05) is 30.3 Å². The Bertz CT molecular complexity index is 318. The molecule has 0 bridgehead atoms. The standard InChI is InChI=1S/C12H17NO3/c14-10-7-13(8-11(15)12(10)16)6-9-4-2-1-3-5-9/h1-5,10-12,14-16H,6-8H2/t10-,11+,12-. The lowest BCUT2D eigenvalue weighted by atomic mass is 10.0. The smallest absolute Gasteiger partial charge is 0.108 e. The fourth-order valence-electron chi connectivity index (χ4n) is 2.05. The molecule has 0 aromatic heterocycles. The van der Waals surface area contributed by atoms with Gasteiger partial charge in [0.1, 0.15) is 6.10 Å². The molecular formula is C12H17NO3. The zero-order chi connectivity index (χ0) is 11.5. The maximum atomic E-state index is 9.54. The molecule has 4 nitrogen and oxygen atoms in total. The summed E-state index contributed by atoms with van der Waals surface area (Å²) in [6.07, 6.45) is -2.76. The second-order valence-corrected chi connectivity index (χ2v) is 4.30. The van der Waals surface area contributed by atoms with Crippen LogP contribution in [-0.4, -0.2) is 51.6 Å². The maximum Gasteiger partial charge on any atom is 0.108 e. The summed E-state index contributed by atoms with van der Waals surface area (Å²) in [6.45, 7) is 1.47. The zero-order valence-electron chi connectivity index (χ0n) is 9.03. The van der Waals surface area contributed by atoms with Gasteiger partial charge in [-0.15, -0.1) is 0 Å². The number of hydrogen-bond acceptors (Lipinski definition) is 4. The topological polar surface area (TPSA) is 63.9 Å². The Morgan fingerprint density at radius 1 is 1.00 bits per heavy atom. The van der Waals surface area contributed by atoms with Gasteiger partial charge in [-0.2, -0.15) is 0 Å². The minimum atomic E-state index is -1.02. The second kappa shape index (κ2) is 4.93. The lowest BCUT2D eigenvalue weighted by molar-refractivity contribution is -0.111. The van der Waals surface area contributed by atoms with Crippen molar-refractivity contribution >= 4 is 0 Å². The molecule has 2 rings (SSSR count). The van der Waals surface area contributed by atoms with E-state index in [-0.39, 0.29) is 0 Å².